The Morgan fingerprint density at radius 1 is 1.00 bits per heavy atom. The van der Waals surface area contributed by atoms with Gasteiger partial charge in [-0.1, -0.05) is 33.8 Å². The van der Waals surface area contributed by atoms with Crippen molar-refractivity contribution in [2.45, 2.75) is 41.5 Å². The van der Waals surface area contributed by atoms with E-state index in [1.54, 1.807) is 0 Å². The summed E-state index contributed by atoms with van der Waals surface area (Å²) in [5, 5.41) is 0. The summed E-state index contributed by atoms with van der Waals surface area (Å²) < 4.78 is 0. The molecule has 1 aromatic heterocycles. The van der Waals surface area contributed by atoms with E-state index in [9.17, 15) is 0 Å². The SMILES string of the molecule is CC.CC.Cc1ccc(N)nc1C. The number of nitrogen functional groups attached to an aromatic ring is 1. The van der Waals surface area contributed by atoms with Gasteiger partial charge in [-0.3, -0.25) is 0 Å². The molecular formula is C11H22N2. The molecular weight excluding hydrogens is 160 g/mol. The summed E-state index contributed by atoms with van der Waals surface area (Å²) in [7, 11) is 0. The molecule has 0 atom stereocenters. The van der Waals surface area contributed by atoms with E-state index >= 15 is 0 Å². The second-order valence-corrected chi connectivity index (χ2v) is 2.14. The van der Waals surface area contributed by atoms with E-state index in [4.69, 9.17) is 5.73 Å². The van der Waals surface area contributed by atoms with Crippen LogP contribution in [0.5, 0.6) is 0 Å². The first-order valence-corrected chi connectivity index (χ1v) is 4.90. The molecule has 2 heteroatoms. The fourth-order valence-corrected chi connectivity index (χ4v) is 0.650. The van der Waals surface area contributed by atoms with Crippen molar-refractivity contribution in [2.75, 3.05) is 5.73 Å². The highest BCUT2D eigenvalue weighted by molar-refractivity contribution is 5.32. The Morgan fingerprint density at radius 3 is 1.77 bits per heavy atom. The van der Waals surface area contributed by atoms with Crippen molar-refractivity contribution in [3.63, 3.8) is 0 Å². The molecule has 0 unspecified atom stereocenters. The zero-order valence-electron chi connectivity index (χ0n) is 9.68. The maximum atomic E-state index is 5.42. The highest BCUT2D eigenvalue weighted by atomic mass is 14.8. The molecule has 0 radical (unpaired) electrons. The van der Waals surface area contributed by atoms with Gasteiger partial charge in [0, 0.05) is 5.69 Å². The number of aryl methyl sites for hydroxylation is 2. The van der Waals surface area contributed by atoms with Crippen LogP contribution in [-0.4, -0.2) is 4.98 Å². The predicted molar refractivity (Wildman–Crippen MR) is 60.8 cm³/mol. The van der Waals surface area contributed by atoms with Crippen LogP contribution in [0.1, 0.15) is 39.0 Å². The van der Waals surface area contributed by atoms with Crippen LogP contribution in [0.3, 0.4) is 0 Å². The van der Waals surface area contributed by atoms with Crippen molar-refractivity contribution in [3.05, 3.63) is 23.4 Å². The van der Waals surface area contributed by atoms with Gasteiger partial charge in [-0.25, -0.2) is 4.98 Å². The first-order chi connectivity index (χ1) is 6.20. The van der Waals surface area contributed by atoms with E-state index in [1.165, 1.54) is 5.56 Å². The minimum absolute atomic E-state index is 0.595. The zero-order chi connectivity index (χ0) is 10.9. The first kappa shape index (κ1) is 14.5. The molecule has 0 saturated heterocycles. The van der Waals surface area contributed by atoms with Gasteiger partial charge in [-0.15, -0.1) is 0 Å². The van der Waals surface area contributed by atoms with Gasteiger partial charge in [-0.05, 0) is 25.5 Å². The molecule has 0 amide bonds. The smallest absolute Gasteiger partial charge is 0.123 e. The third-order valence-electron chi connectivity index (χ3n) is 1.37. The monoisotopic (exact) mass is 182 g/mol. The normalized spacial score (nSPS) is 7.54. The Bertz CT molecular complexity index is 219. The topological polar surface area (TPSA) is 38.9 Å². The van der Waals surface area contributed by atoms with Crippen LogP contribution in [-0.2, 0) is 0 Å². The second kappa shape index (κ2) is 9.04. The van der Waals surface area contributed by atoms with E-state index in [-0.39, 0.29) is 0 Å². The minimum atomic E-state index is 0.595. The van der Waals surface area contributed by atoms with Gasteiger partial charge in [0.2, 0.25) is 0 Å². The van der Waals surface area contributed by atoms with Crippen LogP contribution < -0.4 is 5.73 Å². The molecule has 13 heavy (non-hydrogen) atoms. The van der Waals surface area contributed by atoms with E-state index in [0.29, 0.717) is 5.82 Å². The molecule has 76 valence electrons. The molecule has 1 heterocycles. The molecule has 0 bridgehead atoms. The lowest BCUT2D eigenvalue weighted by Gasteiger charge is -1.97. The average Bonchev–Trinajstić information content (AvgIpc) is 2.18. The molecule has 1 aromatic rings. The third-order valence-corrected chi connectivity index (χ3v) is 1.37. The summed E-state index contributed by atoms with van der Waals surface area (Å²) in [6.07, 6.45) is 0. The molecule has 0 aliphatic heterocycles. The van der Waals surface area contributed by atoms with Crippen molar-refractivity contribution in [2.24, 2.45) is 0 Å². The number of rotatable bonds is 0. The van der Waals surface area contributed by atoms with Gasteiger partial charge >= 0.3 is 0 Å². The maximum Gasteiger partial charge on any atom is 0.123 e. The second-order valence-electron chi connectivity index (χ2n) is 2.14. The number of pyridine rings is 1. The third kappa shape index (κ3) is 6.14. The number of hydrogen-bond acceptors (Lipinski definition) is 2. The van der Waals surface area contributed by atoms with Crippen molar-refractivity contribution in [3.8, 4) is 0 Å². The van der Waals surface area contributed by atoms with Crippen molar-refractivity contribution in [1.29, 1.82) is 0 Å². The standard InChI is InChI=1S/C7H10N2.2C2H6/c1-5-3-4-7(8)9-6(5)2;2*1-2/h3-4H,1-2H3,(H2,8,9);2*1-2H3. The fraction of sp³-hybridized carbons (Fsp3) is 0.545. The zero-order valence-corrected chi connectivity index (χ0v) is 9.68. The maximum absolute atomic E-state index is 5.42. The van der Waals surface area contributed by atoms with Crippen LogP contribution >= 0.6 is 0 Å². The van der Waals surface area contributed by atoms with Gasteiger partial charge in [0.05, 0.1) is 0 Å². The fourth-order valence-electron chi connectivity index (χ4n) is 0.650. The van der Waals surface area contributed by atoms with Gasteiger partial charge in [0.1, 0.15) is 5.82 Å². The van der Waals surface area contributed by atoms with Crippen LogP contribution in [0.2, 0.25) is 0 Å². The van der Waals surface area contributed by atoms with Crippen LogP contribution in [0, 0.1) is 13.8 Å². The molecule has 1 rings (SSSR count). The Morgan fingerprint density at radius 2 is 1.46 bits per heavy atom. The van der Waals surface area contributed by atoms with E-state index in [2.05, 4.69) is 4.98 Å². The molecule has 0 aromatic carbocycles. The quantitative estimate of drug-likeness (QED) is 0.668. The van der Waals surface area contributed by atoms with Gasteiger partial charge in [0.25, 0.3) is 0 Å². The van der Waals surface area contributed by atoms with Crippen molar-refractivity contribution >= 4 is 5.82 Å². The number of aromatic nitrogens is 1. The summed E-state index contributed by atoms with van der Waals surface area (Å²) in [5.74, 6) is 0.595. The Kier molecular flexibility index (Phi) is 10.1. The molecule has 0 spiro atoms. The van der Waals surface area contributed by atoms with E-state index in [1.807, 2.05) is 53.7 Å². The van der Waals surface area contributed by atoms with E-state index in [0.717, 1.165) is 5.69 Å². The highest BCUT2D eigenvalue weighted by Gasteiger charge is 1.91. The summed E-state index contributed by atoms with van der Waals surface area (Å²) in [4.78, 5) is 4.05. The summed E-state index contributed by atoms with van der Waals surface area (Å²) in [6, 6.07) is 3.78. The highest BCUT2D eigenvalue weighted by Crippen LogP contribution is 2.04. The summed E-state index contributed by atoms with van der Waals surface area (Å²) >= 11 is 0. The molecule has 0 fully saturated rings. The average molecular weight is 182 g/mol. The Hall–Kier alpha value is -1.05. The van der Waals surface area contributed by atoms with Crippen molar-refractivity contribution < 1.29 is 0 Å². The predicted octanol–water partition coefficient (Wildman–Crippen LogP) is 3.33. The van der Waals surface area contributed by atoms with Crippen LogP contribution in [0.25, 0.3) is 0 Å². The van der Waals surface area contributed by atoms with Gasteiger partial charge in [-0.2, -0.15) is 0 Å². The lowest BCUT2D eigenvalue weighted by Crippen LogP contribution is -1.92. The van der Waals surface area contributed by atoms with Crippen molar-refractivity contribution in [1.82, 2.24) is 4.98 Å². The number of anilines is 1. The van der Waals surface area contributed by atoms with Gasteiger partial charge in [0.15, 0.2) is 0 Å². The molecule has 2 N–H and O–H groups in total. The Labute approximate surface area is 82.2 Å². The summed E-state index contributed by atoms with van der Waals surface area (Å²) in [5.41, 5.74) is 7.61. The number of nitrogens with zero attached hydrogens (tertiary/aromatic N) is 1. The van der Waals surface area contributed by atoms with E-state index < -0.39 is 0 Å². The minimum Gasteiger partial charge on any atom is -0.384 e. The molecule has 2 nitrogen and oxygen atoms in total. The number of hydrogen-bond donors (Lipinski definition) is 1. The lowest BCUT2D eigenvalue weighted by atomic mass is 10.2. The van der Waals surface area contributed by atoms with Gasteiger partial charge < -0.3 is 5.73 Å². The molecule has 0 saturated carbocycles. The largest absolute Gasteiger partial charge is 0.384 e. The summed E-state index contributed by atoms with van der Waals surface area (Å²) in [6.45, 7) is 12.0. The van der Waals surface area contributed by atoms with Crippen LogP contribution in [0.4, 0.5) is 5.82 Å². The lowest BCUT2D eigenvalue weighted by molar-refractivity contribution is 1.16. The van der Waals surface area contributed by atoms with Crippen LogP contribution in [0.15, 0.2) is 12.1 Å². The first-order valence-electron chi connectivity index (χ1n) is 4.90. The molecule has 0 aliphatic rings. The number of nitrogens with two attached hydrogens (primary N) is 1. The Balaban J connectivity index is 0. The molecule has 0 aliphatic carbocycles.